The lowest BCUT2D eigenvalue weighted by atomic mass is 10.0. The SMILES string of the molecule is NC(=O)c1ccc(C(=O)N2CC(O)CC2c2cc(F)ccc2F)cn1. The van der Waals surface area contributed by atoms with Crippen molar-refractivity contribution in [3.8, 4) is 0 Å². The van der Waals surface area contributed by atoms with Crippen molar-refractivity contribution in [1.82, 2.24) is 9.88 Å². The second-order valence-electron chi connectivity index (χ2n) is 5.83. The average Bonchev–Trinajstić information content (AvgIpc) is 2.98. The van der Waals surface area contributed by atoms with Crippen LogP contribution in [-0.4, -0.2) is 39.5 Å². The summed E-state index contributed by atoms with van der Waals surface area (Å²) >= 11 is 0. The molecule has 1 aliphatic heterocycles. The lowest BCUT2D eigenvalue weighted by Gasteiger charge is -2.25. The van der Waals surface area contributed by atoms with E-state index in [0.717, 1.165) is 18.2 Å². The number of aliphatic hydroxyl groups is 1. The number of carbonyl (C=O) groups excluding carboxylic acids is 2. The molecule has 0 aliphatic carbocycles. The van der Waals surface area contributed by atoms with Gasteiger partial charge in [-0.05, 0) is 36.8 Å². The number of pyridine rings is 1. The third-order valence-electron chi connectivity index (χ3n) is 4.12. The molecule has 8 heteroatoms. The molecule has 2 atom stereocenters. The van der Waals surface area contributed by atoms with Crippen LogP contribution in [0.1, 0.15) is 38.9 Å². The van der Waals surface area contributed by atoms with Crippen molar-refractivity contribution in [2.75, 3.05) is 6.54 Å². The third kappa shape index (κ3) is 3.34. The van der Waals surface area contributed by atoms with Gasteiger partial charge in [-0.1, -0.05) is 0 Å². The summed E-state index contributed by atoms with van der Waals surface area (Å²) in [5.74, 6) is -2.51. The first-order chi connectivity index (χ1) is 11.9. The number of primary amides is 1. The molecule has 3 N–H and O–H groups in total. The van der Waals surface area contributed by atoms with Gasteiger partial charge in [-0.25, -0.2) is 8.78 Å². The van der Waals surface area contributed by atoms with E-state index in [-0.39, 0.29) is 29.8 Å². The van der Waals surface area contributed by atoms with E-state index < -0.39 is 35.6 Å². The van der Waals surface area contributed by atoms with Crippen LogP contribution in [0.2, 0.25) is 0 Å². The first kappa shape index (κ1) is 17.0. The monoisotopic (exact) mass is 347 g/mol. The quantitative estimate of drug-likeness (QED) is 0.877. The zero-order chi connectivity index (χ0) is 18.1. The minimum Gasteiger partial charge on any atom is -0.391 e. The number of likely N-dealkylation sites (tertiary alicyclic amines) is 1. The van der Waals surface area contributed by atoms with Gasteiger partial charge in [0.2, 0.25) is 0 Å². The van der Waals surface area contributed by atoms with Crippen molar-refractivity contribution in [1.29, 1.82) is 0 Å². The second-order valence-corrected chi connectivity index (χ2v) is 5.83. The van der Waals surface area contributed by atoms with E-state index in [1.165, 1.54) is 23.2 Å². The number of hydrogen-bond donors (Lipinski definition) is 2. The van der Waals surface area contributed by atoms with Gasteiger partial charge in [0.25, 0.3) is 11.8 Å². The molecule has 25 heavy (non-hydrogen) atoms. The van der Waals surface area contributed by atoms with E-state index in [0.29, 0.717) is 0 Å². The van der Waals surface area contributed by atoms with Crippen LogP contribution in [0.15, 0.2) is 36.5 Å². The Kier molecular flexibility index (Phi) is 4.45. The largest absolute Gasteiger partial charge is 0.391 e. The number of carbonyl (C=O) groups is 2. The highest BCUT2D eigenvalue weighted by molar-refractivity contribution is 5.96. The van der Waals surface area contributed by atoms with Crippen LogP contribution in [-0.2, 0) is 0 Å². The summed E-state index contributed by atoms with van der Waals surface area (Å²) in [6.45, 7) is -0.0168. The average molecular weight is 347 g/mol. The van der Waals surface area contributed by atoms with E-state index in [4.69, 9.17) is 5.73 Å². The summed E-state index contributed by atoms with van der Waals surface area (Å²) in [5.41, 5.74) is 5.27. The van der Waals surface area contributed by atoms with Crippen molar-refractivity contribution in [2.45, 2.75) is 18.6 Å². The van der Waals surface area contributed by atoms with Gasteiger partial charge < -0.3 is 15.7 Å². The number of rotatable bonds is 3. The first-order valence-corrected chi connectivity index (χ1v) is 7.56. The van der Waals surface area contributed by atoms with Crippen LogP contribution >= 0.6 is 0 Å². The molecule has 0 saturated carbocycles. The molecular weight excluding hydrogens is 332 g/mol. The number of nitrogens with two attached hydrogens (primary N) is 1. The summed E-state index contributed by atoms with van der Waals surface area (Å²) in [7, 11) is 0. The van der Waals surface area contributed by atoms with E-state index >= 15 is 0 Å². The van der Waals surface area contributed by atoms with Crippen LogP contribution < -0.4 is 5.73 Å². The molecule has 2 aromatic rings. The molecule has 1 saturated heterocycles. The highest BCUT2D eigenvalue weighted by atomic mass is 19.1. The van der Waals surface area contributed by atoms with Crippen LogP contribution in [0.3, 0.4) is 0 Å². The molecule has 0 spiro atoms. The lowest BCUT2D eigenvalue weighted by molar-refractivity contribution is 0.0712. The normalized spacial score (nSPS) is 19.9. The number of halogens is 2. The molecule has 2 unspecified atom stereocenters. The second kappa shape index (κ2) is 6.56. The maximum atomic E-state index is 14.1. The Morgan fingerprint density at radius 3 is 2.64 bits per heavy atom. The van der Waals surface area contributed by atoms with E-state index in [9.17, 15) is 23.5 Å². The smallest absolute Gasteiger partial charge is 0.267 e. The minimum absolute atomic E-state index is 0.00531. The summed E-state index contributed by atoms with van der Waals surface area (Å²) in [4.78, 5) is 28.8. The van der Waals surface area contributed by atoms with Gasteiger partial charge in [0.15, 0.2) is 0 Å². The van der Waals surface area contributed by atoms with Crippen LogP contribution in [0.5, 0.6) is 0 Å². The van der Waals surface area contributed by atoms with Crippen LogP contribution in [0, 0.1) is 11.6 Å². The molecule has 0 bridgehead atoms. The number of aliphatic hydroxyl groups excluding tert-OH is 1. The molecule has 1 fully saturated rings. The Morgan fingerprint density at radius 1 is 1.24 bits per heavy atom. The van der Waals surface area contributed by atoms with Crippen molar-refractivity contribution in [3.05, 3.63) is 65.0 Å². The number of nitrogens with zero attached hydrogens (tertiary/aromatic N) is 2. The van der Waals surface area contributed by atoms with Crippen molar-refractivity contribution in [2.24, 2.45) is 5.73 Å². The van der Waals surface area contributed by atoms with E-state index in [1.807, 2.05) is 0 Å². The summed E-state index contributed by atoms with van der Waals surface area (Å²) in [6, 6.07) is 4.88. The van der Waals surface area contributed by atoms with Gasteiger partial charge in [-0.2, -0.15) is 0 Å². The Hall–Kier alpha value is -2.87. The molecule has 130 valence electrons. The van der Waals surface area contributed by atoms with E-state index in [1.54, 1.807) is 0 Å². The molecule has 1 aliphatic rings. The van der Waals surface area contributed by atoms with Gasteiger partial charge in [0.1, 0.15) is 17.3 Å². The Balaban J connectivity index is 1.92. The van der Waals surface area contributed by atoms with Gasteiger partial charge in [0.05, 0.1) is 17.7 Å². The molecule has 2 amide bonds. The highest BCUT2D eigenvalue weighted by Gasteiger charge is 2.37. The Morgan fingerprint density at radius 2 is 2.00 bits per heavy atom. The molecule has 3 rings (SSSR count). The molecule has 1 aromatic heterocycles. The van der Waals surface area contributed by atoms with Gasteiger partial charge in [-0.3, -0.25) is 14.6 Å². The van der Waals surface area contributed by atoms with Gasteiger partial charge in [-0.15, -0.1) is 0 Å². The maximum absolute atomic E-state index is 14.1. The minimum atomic E-state index is -0.852. The fourth-order valence-corrected chi connectivity index (χ4v) is 2.94. The summed E-state index contributed by atoms with van der Waals surface area (Å²) in [5, 5.41) is 9.92. The molecule has 0 radical (unpaired) electrons. The number of aromatic nitrogens is 1. The third-order valence-corrected chi connectivity index (χ3v) is 4.12. The van der Waals surface area contributed by atoms with Gasteiger partial charge >= 0.3 is 0 Å². The fourth-order valence-electron chi connectivity index (χ4n) is 2.94. The van der Waals surface area contributed by atoms with Gasteiger partial charge in [0, 0.05) is 18.3 Å². The summed E-state index contributed by atoms with van der Waals surface area (Å²) in [6.07, 6.45) is 0.430. The van der Waals surface area contributed by atoms with Crippen molar-refractivity contribution in [3.63, 3.8) is 0 Å². The topological polar surface area (TPSA) is 96.5 Å². The Labute approximate surface area is 141 Å². The fraction of sp³-hybridized carbons (Fsp3) is 0.235. The molecule has 6 nitrogen and oxygen atoms in total. The zero-order valence-corrected chi connectivity index (χ0v) is 13.0. The molecular formula is C17H15F2N3O3. The number of benzene rings is 1. The van der Waals surface area contributed by atoms with Crippen LogP contribution in [0.4, 0.5) is 8.78 Å². The summed E-state index contributed by atoms with van der Waals surface area (Å²) < 4.78 is 27.6. The molecule has 1 aromatic carbocycles. The predicted molar refractivity (Wildman–Crippen MR) is 83.5 cm³/mol. The lowest BCUT2D eigenvalue weighted by Crippen LogP contribution is -2.32. The van der Waals surface area contributed by atoms with E-state index in [2.05, 4.69) is 4.98 Å². The standard InChI is InChI=1S/C17H15F2N3O3/c18-10-2-3-13(19)12(5-10)15-6-11(23)8-22(15)17(25)9-1-4-14(16(20)24)21-7-9/h1-5,7,11,15,23H,6,8H2,(H2,20,24). The number of amides is 2. The maximum Gasteiger partial charge on any atom is 0.267 e. The molecule has 2 heterocycles. The number of hydrogen-bond acceptors (Lipinski definition) is 4. The Bertz CT molecular complexity index is 826. The highest BCUT2D eigenvalue weighted by Crippen LogP contribution is 2.35. The first-order valence-electron chi connectivity index (χ1n) is 7.56. The van der Waals surface area contributed by atoms with Crippen molar-refractivity contribution >= 4 is 11.8 Å². The van der Waals surface area contributed by atoms with Crippen molar-refractivity contribution < 1.29 is 23.5 Å². The van der Waals surface area contributed by atoms with Crippen LogP contribution in [0.25, 0.3) is 0 Å². The predicted octanol–water partition coefficient (Wildman–Crippen LogP) is 1.41. The zero-order valence-electron chi connectivity index (χ0n) is 13.0. The number of β-amino-alcohol motifs (C(OH)–C–C–N with tert-alkyl or cyclic N) is 1.